The van der Waals surface area contributed by atoms with E-state index in [1.807, 2.05) is 5.48 Å². The van der Waals surface area contributed by atoms with Crippen LogP contribution < -0.4 is 16.1 Å². The lowest BCUT2D eigenvalue weighted by Crippen LogP contribution is -2.85. The Bertz CT molecular complexity index is 1290. The molecule has 0 bridgehead atoms. The third kappa shape index (κ3) is 5.56. The maximum atomic E-state index is 13.6. The molecule has 0 aromatic heterocycles. The first kappa shape index (κ1) is 29.8. The summed E-state index contributed by atoms with van der Waals surface area (Å²) in [6.07, 6.45) is 0. The lowest BCUT2D eigenvalue weighted by Gasteiger charge is -2.56. The van der Waals surface area contributed by atoms with Gasteiger partial charge in [0.05, 0.1) is 6.61 Å². The summed E-state index contributed by atoms with van der Waals surface area (Å²) in [7, 11) is 0. The smallest absolute Gasteiger partial charge is 0.352 e. The summed E-state index contributed by atoms with van der Waals surface area (Å²) in [5.41, 5.74) is -0.342. The van der Waals surface area contributed by atoms with E-state index in [1.54, 1.807) is 18.2 Å². The van der Waals surface area contributed by atoms with Gasteiger partial charge < -0.3 is 35.7 Å². The van der Waals surface area contributed by atoms with Gasteiger partial charge in [0, 0.05) is 37.9 Å². The number of aliphatic hydroxyl groups is 1. The minimum Gasteiger partial charge on any atom is -0.477 e. The topological polar surface area (TPSA) is 218 Å². The molecule has 17 heteroatoms. The van der Waals surface area contributed by atoms with Gasteiger partial charge in [-0.15, -0.1) is 11.8 Å². The van der Waals surface area contributed by atoms with Gasteiger partial charge in [-0.05, 0) is 5.56 Å². The number of β-amino-alcohol motifs (C(OH)–C–C–N with tert-alkyl or cyclic N) is 1. The first-order valence-electron chi connectivity index (χ1n) is 12.4. The number of carboxylic acids is 1. The van der Waals surface area contributed by atoms with Crippen molar-refractivity contribution in [3.8, 4) is 0 Å². The van der Waals surface area contributed by atoms with Gasteiger partial charge in [-0.2, -0.15) is 5.48 Å². The van der Waals surface area contributed by atoms with Crippen LogP contribution in [0.5, 0.6) is 0 Å². The van der Waals surface area contributed by atoms with E-state index >= 15 is 0 Å². The molecule has 0 aliphatic carbocycles. The molecule has 220 valence electrons. The highest BCUT2D eigenvalue weighted by atomic mass is 32.2. The van der Waals surface area contributed by atoms with E-state index in [1.165, 1.54) is 17.0 Å². The number of nitrogens with zero attached hydrogens (tertiary/aromatic N) is 3. The Balaban J connectivity index is 1.57. The number of fused-ring (bicyclic) bond motifs is 1. The summed E-state index contributed by atoms with van der Waals surface area (Å²) in [5.74, 6) is -4.05. The zero-order chi connectivity index (χ0) is 29.9. The van der Waals surface area contributed by atoms with Crippen LogP contribution >= 0.6 is 11.8 Å². The van der Waals surface area contributed by atoms with Crippen LogP contribution in [-0.2, 0) is 23.9 Å². The highest BCUT2D eigenvalue weighted by Crippen LogP contribution is 2.45. The van der Waals surface area contributed by atoms with Crippen LogP contribution in [0, 0.1) is 0 Å². The standard InChI is InChI=1S/C24H28N6O10S/c1-13(32)40-11-15-12-41-21-24(27-39,20(36)30(21)17(15)19(34)35)26-18(33)16(14-5-3-2-4-6-14)25-22(37)29-8-7-28(9-10-31)23(29)38/h2-6,16,21,27,31,39H,7-12H2,1H3,(H,25,37)(H,26,33)(H,34,35)/t16?,21-,24+/m1/s1. The Labute approximate surface area is 237 Å². The molecule has 0 radical (unpaired) electrons. The van der Waals surface area contributed by atoms with Gasteiger partial charge in [0.15, 0.2) is 0 Å². The summed E-state index contributed by atoms with van der Waals surface area (Å²) in [6, 6.07) is 4.96. The molecular formula is C24H28N6O10S. The Hall–Kier alpha value is -4.19. The third-order valence-corrected chi connectivity index (χ3v) is 8.07. The number of benzene rings is 1. The first-order valence-corrected chi connectivity index (χ1v) is 13.4. The number of urea groups is 2. The van der Waals surface area contributed by atoms with Gasteiger partial charge in [0.2, 0.25) is 11.6 Å². The minimum atomic E-state index is -2.16. The number of ether oxygens (including phenoxy) is 1. The van der Waals surface area contributed by atoms with E-state index in [4.69, 9.17) is 9.84 Å². The molecule has 3 aliphatic heterocycles. The van der Waals surface area contributed by atoms with Crippen molar-refractivity contribution in [3.05, 3.63) is 47.2 Å². The highest BCUT2D eigenvalue weighted by molar-refractivity contribution is 8.00. The summed E-state index contributed by atoms with van der Waals surface area (Å²) in [4.78, 5) is 78.8. The van der Waals surface area contributed by atoms with Crippen LogP contribution in [0.3, 0.4) is 0 Å². The van der Waals surface area contributed by atoms with Crippen molar-refractivity contribution in [2.24, 2.45) is 0 Å². The van der Waals surface area contributed by atoms with Crippen molar-refractivity contribution in [2.45, 2.75) is 24.0 Å². The van der Waals surface area contributed by atoms with Crippen LogP contribution in [0.1, 0.15) is 18.5 Å². The minimum absolute atomic E-state index is 0.00290. The summed E-state index contributed by atoms with van der Waals surface area (Å²) >= 11 is 1.01. The molecule has 3 atom stereocenters. The summed E-state index contributed by atoms with van der Waals surface area (Å²) in [5, 5.41) is 32.8. The second-order valence-corrected chi connectivity index (χ2v) is 10.3. The van der Waals surface area contributed by atoms with Gasteiger partial charge in [-0.3, -0.25) is 19.3 Å². The Morgan fingerprint density at radius 2 is 1.88 bits per heavy atom. The molecule has 6 amide bonds. The van der Waals surface area contributed by atoms with Crippen molar-refractivity contribution >= 4 is 47.6 Å². The Kier molecular flexibility index (Phi) is 8.81. The van der Waals surface area contributed by atoms with Crippen molar-refractivity contribution in [3.63, 3.8) is 0 Å². The quantitative estimate of drug-likeness (QED) is 0.0815. The van der Waals surface area contributed by atoms with Crippen molar-refractivity contribution < 1.29 is 48.9 Å². The van der Waals surface area contributed by atoms with Gasteiger partial charge in [0.25, 0.3) is 5.91 Å². The normalized spacial score (nSPS) is 22.6. The zero-order valence-corrected chi connectivity index (χ0v) is 22.5. The monoisotopic (exact) mass is 592 g/mol. The number of β-lactam (4-membered cyclic amide) rings is 1. The van der Waals surface area contributed by atoms with Crippen LogP contribution in [0.2, 0.25) is 0 Å². The van der Waals surface area contributed by atoms with Gasteiger partial charge in [-0.25, -0.2) is 19.3 Å². The number of carbonyl (C=O) groups excluding carboxylic acids is 5. The van der Waals surface area contributed by atoms with E-state index < -0.39 is 58.6 Å². The number of carbonyl (C=O) groups is 6. The molecule has 1 aromatic rings. The van der Waals surface area contributed by atoms with Crippen LogP contribution in [0.25, 0.3) is 0 Å². The van der Waals surface area contributed by atoms with E-state index in [0.29, 0.717) is 5.56 Å². The van der Waals surface area contributed by atoms with Crippen LogP contribution in [-0.4, -0.2) is 116 Å². The second-order valence-electron chi connectivity index (χ2n) is 9.22. The number of hydrogen-bond acceptors (Lipinski definition) is 11. The number of amides is 6. The lowest BCUT2D eigenvalue weighted by molar-refractivity contribution is -0.171. The summed E-state index contributed by atoms with van der Waals surface area (Å²) in [6.45, 7) is 0.733. The van der Waals surface area contributed by atoms with Gasteiger partial charge in [-0.1, -0.05) is 30.3 Å². The third-order valence-electron chi connectivity index (χ3n) is 6.67. The molecule has 0 spiro atoms. The maximum absolute atomic E-state index is 13.6. The number of hydroxylamine groups is 1. The molecule has 4 rings (SSSR count). The average molecular weight is 593 g/mol. The number of carboxylic acid groups (broad SMARTS) is 1. The first-order chi connectivity index (χ1) is 19.5. The molecule has 6 N–H and O–H groups in total. The molecule has 2 saturated heterocycles. The number of imide groups is 1. The molecule has 3 heterocycles. The van der Waals surface area contributed by atoms with E-state index in [9.17, 15) is 39.1 Å². The van der Waals surface area contributed by atoms with Crippen molar-refractivity contribution in [1.29, 1.82) is 0 Å². The molecule has 1 unspecified atom stereocenters. The van der Waals surface area contributed by atoms with Crippen molar-refractivity contribution in [1.82, 2.24) is 30.8 Å². The number of hydrogen-bond donors (Lipinski definition) is 6. The fourth-order valence-corrected chi connectivity index (χ4v) is 6.07. The number of aliphatic hydroxyl groups excluding tert-OH is 1. The van der Waals surface area contributed by atoms with E-state index in [0.717, 1.165) is 28.5 Å². The number of esters is 1. The predicted molar refractivity (Wildman–Crippen MR) is 139 cm³/mol. The van der Waals surface area contributed by atoms with Gasteiger partial charge in [0.1, 0.15) is 23.7 Å². The van der Waals surface area contributed by atoms with Crippen LogP contribution in [0.15, 0.2) is 41.6 Å². The van der Waals surface area contributed by atoms with Gasteiger partial charge >= 0.3 is 24.0 Å². The van der Waals surface area contributed by atoms with Crippen molar-refractivity contribution in [2.75, 3.05) is 38.6 Å². The average Bonchev–Trinajstić information content (AvgIpc) is 3.32. The lowest BCUT2D eigenvalue weighted by atomic mass is 9.94. The summed E-state index contributed by atoms with van der Waals surface area (Å²) < 4.78 is 4.91. The predicted octanol–water partition coefficient (Wildman–Crippen LogP) is -1.22. The molecule has 3 aliphatic rings. The molecule has 0 saturated carbocycles. The molecule has 1 aromatic carbocycles. The fraction of sp³-hybridized carbons (Fsp3) is 0.417. The van der Waals surface area contributed by atoms with E-state index in [2.05, 4.69) is 10.6 Å². The second kappa shape index (κ2) is 12.1. The molecular weight excluding hydrogens is 564 g/mol. The SMILES string of the molecule is CC(=O)OCC1=C(C(=O)O)N2C(=O)[C@@](NO)(NC(=O)C(NC(=O)N3CCN(CCO)C3=O)c3ccccc3)[C@H]2SC1. The Morgan fingerprint density at radius 1 is 1.17 bits per heavy atom. The zero-order valence-electron chi connectivity index (χ0n) is 21.7. The highest BCUT2D eigenvalue weighted by Gasteiger charge is 2.66. The number of thioether (sulfide) groups is 1. The molecule has 41 heavy (non-hydrogen) atoms. The molecule has 2 fully saturated rings. The Morgan fingerprint density at radius 3 is 2.49 bits per heavy atom. The maximum Gasteiger partial charge on any atom is 0.352 e. The number of rotatable bonds is 10. The van der Waals surface area contributed by atoms with E-state index in [-0.39, 0.29) is 44.2 Å². The number of aliphatic carboxylic acids is 1. The van der Waals surface area contributed by atoms with Crippen LogP contribution in [0.4, 0.5) is 9.59 Å². The largest absolute Gasteiger partial charge is 0.477 e. The number of nitrogens with one attached hydrogen (secondary N) is 3. The fourth-order valence-electron chi connectivity index (χ4n) is 4.68. The molecule has 16 nitrogen and oxygen atoms in total.